The molecule has 0 atom stereocenters. The van der Waals surface area contributed by atoms with Gasteiger partial charge in [0, 0.05) is 21.5 Å². The molecule has 0 aliphatic carbocycles. The molecule has 3 rings (SSSR count). The normalized spacial score (nSPS) is 11.0. The Bertz CT molecular complexity index is 816. The summed E-state index contributed by atoms with van der Waals surface area (Å²) in [5.41, 5.74) is 7.88. The number of aryl methyl sites for hydroxylation is 2. The van der Waals surface area contributed by atoms with Gasteiger partial charge in [-0.1, -0.05) is 15.9 Å². The number of hydrogen-bond donors (Lipinski definition) is 1. The number of benzene rings is 1. The van der Waals surface area contributed by atoms with E-state index in [-0.39, 0.29) is 0 Å². The van der Waals surface area contributed by atoms with Crippen molar-refractivity contribution in [3.05, 3.63) is 45.0 Å². The molecule has 0 bridgehead atoms. The smallest absolute Gasteiger partial charge is 0.231 e. The van der Waals surface area contributed by atoms with Crippen LogP contribution in [0.4, 0.5) is 0 Å². The van der Waals surface area contributed by atoms with Gasteiger partial charge in [0.25, 0.3) is 0 Å². The lowest BCUT2D eigenvalue weighted by Gasteiger charge is -2.10. The predicted octanol–water partition coefficient (Wildman–Crippen LogP) is 4.32. The third kappa shape index (κ3) is 2.66. The van der Waals surface area contributed by atoms with Crippen LogP contribution < -0.4 is 10.5 Å². The zero-order valence-corrected chi connectivity index (χ0v) is 14.1. The number of rotatable bonds is 3. The highest BCUT2D eigenvalue weighted by molar-refractivity contribution is 9.10. The van der Waals surface area contributed by atoms with Crippen molar-refractivity contribution in [1.82, 2.24) is 9.97 Å². The number of aromatic nitrogens is 2. The first-order valence-corrected chi connectivity index (χ1v) is 8.08. The lowest BCUT2D eigenvalue weighted by atomic mass is 10.2. The van der Waals surface area contributed by atoms with Gasteiger partial charge in [-0.05, 0) is 37.6 Å². The molecule has 0 radical (unpaired) electrons. The van der Waals surface area contributed by atoms with Gasteiger partial charge in [-0.15, -0.1) is 11.3 Å². The van der Waals surface area contributed by atoms with Gasteiger partial charge in [0.2, 0.25) is 5.88 Å². The first-order valence-electron chi connectivity index (χ1n) is 6.47. The van der Waals surface area contributed by atoms with E-state index in [1.165, 1.54) is 11.2 Å². The second-order valence-electron chi connectivity index (χ2n) is 4.70. The van der Waals surface area contributed by atoms with Crippen LogP contribution in [0.1, 0.15) is 16.0 Å². The summed E-state index contributed by atoms with van der Waals surface area (Å²) in [7, 11) is 0. The van der Waals surface area contributed by atoms with Gasteiger partial charge in [-0.3, -0.25) is 0 Å². The summed E-state index contributed by atoms with van der Waals surface area (Å²) in [5.74, 6) is 1.31. The number of nitrogens with two attached hydrogens (primary N) is 1. The number of fused-ring (bicyclic) bond motifs is 1. The maximum Gasteiger partial charge on any atom is 0.231 e. The van der Waals surface area contributed by atoms with Gasteiger partial charge in [0.1, 0.15) is 16.9 Å². The van der Waals surface area contributed by atoms with E-state index in [1.807, 2.05) is 18.2 Å². The molecule has 21 heavy (non-hydrogen) atoms. The topological polar surface area (TPSA) is 61.0 Å². The lowest BCUT2D eigenvalue weighted by molar-refractivity contribution is 0.462. The molecule has 2 aromatic heterocycles. The summed E-state index contributed by atoms with van der Waals surface area (Å²) in [6.45, 7) is 4.55. The third-order valence-electron chi connectivity index (χ3n) is 3.38. The number of halogens is 1. The molecule has 6 heteroatoms. The molecule has 3 aromatic rings. The highest BCUT2D eigenvalue weighted by Crippen LogP contribution is 2.36. The maximum absolute atomic E-state index is 6.02. The Hall–Kier alpha value is -1.50. The Morgan fingerprint density at radius 3 is 2.86 bits per heavy atom. The minimum Gasteiger partial charge on any atom is -0.438 e. The van der Waals surface area contributed by atoms with Crippen molar-refractivity contribution in [2.75, 3.05) is 0 Å². The van der Waals surface area contributed by atoms with Crippen LogP contribution in [0.25, 0.3) is 10.2 Å². The van der Waals surface area contributed by atoms with Crippen LogP contribution in [-0.4, -0.2) is 9.97 Å². The fourth-order valence-electron chi connectivity index (χ4n) is 2.14. The van der Waals surface area contributed by atoms with Gasteiger partial charge in [0.05, 0.1) is 5.39 Å². The van der Waals surface area contributed by atoms with Crippen LogP contribution in [0.2, 0.25) is 0 Å². The molecule has 4 nitrogen and oxygen atoms in total. The van der Waals surface area contributed by atoms with E-state index < -0.39 is 0 Å². The van der Waals surface area contributed by atoms with E-state index in [2.05, 4.69) is 39.7 Å². The monoisotopic (exact) mass is 363 g/mol. The summed E-state index contributed by atoms with van der Waals surface area (Å²) in [6, 6.07) is 5.78. The largest absolute Gasteiger partial charge is 0.438 e. The minimum atomic E-state index is 0.407. The highest BCUT2D eigenvalue weighted by atomic mass is 79.9. The Morgan fingerprint density at radius 1 is 1.29 bits per heavy atom. The van der Waals surface area contributed by atoms with Crippen molar-refractivity contribution in [3.63, 3.8) is 0 Å². The lowest BCUT2D eigenvalue weighted by Crippen LogP contribution is -2.00. The second kappa shape index (κ2) is 5.71. The summed E-state index contributed by atoms with van der Waals surface area (Å²) >= 11 is 5.09. The molecule has 0 saturated carbocycles. The standard InChI is InChI=1S/C15H14BrN3OS/c1-8-9(2)21-15-13(8)14(18-7-19-15)20-12-4-3-11(16)5-10(12)6-17/h3-5,7H,6,17H2,1-2H3. The van der Waals surface area contributed by atoms with E-state index in [4.69, 9.17) is 10.5 Å². The Morgan fingerprint density at radius 2 is 2.10 bits per heavy atom. The minimum absolute atomic E-state index is 0.407. The van der Waals surface area contributed by atoms with Crippen LogP contribution in [-0.2, 0) is 6.54 Å². The number of hydrogen-bond acceptors (Lipinski definition) is 5. The van der Waals surface area contributed by atoms with Crippen LogP contribution in [0, 0.1) is 13.8 Å². The number of ether oxygens (including phenoxy) is 1. The van der Waals surface area contributed by atoms with Crippen molar-refractivity contribution >= 4 is 37.5 Å². The molecule has 2 heterocycles. The van der Waals surface area contributed by atoms with E-state index in [0.29, 0.717) is 12.4 Å². The fraction of sp³-hybridized carbons (Fsp3) is 0.200. The van der Waals surface area contributed by atoms with Gasteiger partial charge >= 0.3 is 0 Å². The molecule has 0 aliphatic heterocycles. The summed E-state index contributed by atoms with van der Waals surface area (Å²) in [6.07, 6.45) is 1.54. The van der Waals surface area contributed by atoms with Crippen molar-refractivity contribution in [1.29, 1.82) is 0 Å². The van der Waals surface area contributed by atoms with Crippen LogP contribution in [0.15, 0.2) is 29.0 Å². The molecular weight excluding hydrogens is 350 g/mol. The zero-order chi connectivity index (χ0) is 15.0. The molecule has 0 amide bonds. The molecule has 0 saturated heterocycles. The number of nitrogens with zero attached hydrogens (tertiary/aromatic N) is 2. The molecule has 0 spiro atoms. The van der Waals surface area contributed by atoms with Crippen molar-refractivity contribution in [2.45, 2.75) is 20.4 Å². The Labute approximate surface area is 135 Å². The van der Waals surface area contributed by atoms with Crippen LogP contribution in [0.5, 0.6) is 11.6 Å². The molecule has 0 fully saturated rings. The Kier molecular flexibility index (Phi) is 3.93. The first-order chi connectivity index (χ1) is 10.1. The average molecular weight is 364 g/mol. The molecule has 2 N–H and O–H groups in total. The van der Waals surface area contributed by atoms with E-state index >= 15 is 0 Å². The summed E-state index contributed by atoms with van der Waals surface area (Å²) in [4.78, 5) is 10.8. The van der Waals surface area contributed by atoms with Crippen molar-refractivity contribution in [3.8, 4) is 11.6 Å². The second-order valence-corrected chi connectivity index (χ2v) is 6.82. The fourth-order valence-corrected chi connectivity index (χ4v) is 3.53. The van der Waals surface area contributed by atoms with Crippen LogP contribution in [0.3, 0.4) is 0 Å². The average Bonchev–Trinajstić information content (AvgIpc) is 2.77. The highest BCUT2D eigenvalue weighted by Gasteiger charge is 2.14. The van der Waals surface area contributed by atoms with Gasteiger partial charge in [0.15, 0.2) is 0 Å². The van der Waals surface area contributed by atoms with E-state index in [0.717, 1.165) is 31.6 Å². The SMILES string of the molecule is Cc1sc2ncnc(Oc3ccc(Br)cc3CN)c2c1C. The zero-order valence-electron chi connectivity index (χ0n) is 11.7. The van der Waals surface area contributed by atoms with Gasteiger partial charge < -0.3 is 10.5 Å². The van der Waals surface area contributed by atoms with Crippen molar-refractivity contribution < 1.29 is 4.74 Å². The van der Waals surface area contributed by atoms with Gasteiger partial charge in [-0.2, -0.15) is 0 Å². The van der Waals surface area contributed by atoms with E-state index in [9.17, 15) is 0 Å². The molecular formula is C15H14BrN3OS. The predicted molar refractivity (Wildman–Crippen MR) is 89.0 cm³/mol. The van der Waals surface area contributed by atoms with E-state index in [1.54, 1.807) is 11.3 Å². The Balaban J connectivity index is 2.10. The van der Waals surface area contributed by atoms with Crippen LogP contribution >= 0.6 is 27.3 Å². The third-order valence-corrected chi connectivity index (χ3v) is 4.99. The number of thiophene rings is 1. The molecule has 0 unspecified atom stereocenters. The molecule has 108 valence electrons. The van der Waals surface area contributed by atoms with Crippen molar-refractivity contribution in [2.24, 2.45) is 5.73 Å². The summed E-state index contributed by atoms with van der Waals surface area (Å²) < 4.78 is 7.00. The maximum atomic E-state index is 6.02. The van der Waals surface area contributed by atoms with Gasteiger partial charge in [-0.25, -0.2) is 9.97 Å². The molecule has 1 aromatic carbocycles. The molecule has 0 aliphatic rings. The summed E-state index contributed by atoms with van der Waals surface area (Å²) in [5, 5.41) is 0.978. The quantitative estimate of drug-likeness (QED) is 0.752. The first kappa shape index (κ1) is 14.4.